The molecule has 0 spiro atoms. The van der Waals surface area contributed by atoms with Gasteiger partial charge in [-0.2, -0.15) is 0 Å². The number of hydrogen-bond donors (Lipinski definition) is 2. The third kappa shape index (κ3) is 3.25. The lowest BCUT2D eigenvalue weighted by molar-refractivity contribution is -0.0464. The topological polar surface area (TPSA) is 75.6 Å². The van der Waals surface area contributed by atoms with Crippen LogP contribution in [0.25, 0.3) is 28.2 Å². The summed E-state index contributed by atoms with van der Waals surface area (Å²) in [6.45, 7) is -0.568. The molecule has 3 aromatic heterocycles. The number of pyridine rings is 1. The largest absolute Gasteiger partial charge is 0.363 e. The number of aromatic nitrogens is 4. The Hall–Kier alpha value is -3.17. The number of aliphatic hydroxyl groups excluding tert-OH is 1. The molecule has 1 aromatic carbocycles. The van der Waals surface area contributed by atoms with Gasteiger partial charge in [0, 0.05) is 17.3 Å². The summed E-state index contributed by atoms with van der Waals surface area (Å²) in [6, 6.07) is 8.89. The van der Waals surface area contributed by atoms with Crippen LogP contribution < -0.4 is 0 Å². The van der Waals surface area contributed by atoms with Gasteiger partial charge in [-0.15, -0.1) is 0 Å². The number of fused-ring (bicyclic) bond motifs is 1. The van der Waals surface area contributed by atoms with Gasteiger partial charge in [-0.25, -0.2) is 23.1 Å². The first-order valence-corrected chi connectivity index (χ1v) is 8.37. The molecule has 4 rings (SSSR count). The number of rotatable bonds is 5. The highest BCUT2D eigenvalue weighted by atomic mass is 19.3. The molecule has 0 fully saturated rings. The molecule has 0 atom stereocenters. The number of nitrogens with zero attached hydrogens (tertiary/aromatic N) is 4. The zero-order chi connectivity index (χ0) is 19.8. The van der Waals surface area contributed by atoms with Crippen molar-refractivity contribution in [1.29, 1.82) is 0 Å². The van der Waals surface area contributed by atoms with Crippen LogP contribution in [0.3, 0.4) is 0 Å². The molecule has 6 nitrogen and oxygen atoms in total. The van der Waals surface area contributed by atoms with E-state index < -0.39 is 25.1 Å². The van der Waals surface area contributed by atoms with Gasteiger partial charge in [-0.1, -0.05) is 0 Å². The summed E-state index contributed by atoms with van der Waals surface area (Å²) in [4.78, 5) is 8.34. The predicted octanol–water partition coefficient (Wildman–Crippen LogP) is 3.25. The molecule has 0 amide bonds. The highest BCUT2D eigenvalue weighted by Crippen LogP contribution is 2.32. The Morgan fingerprint density at radius 3 is 2.36 bits per heavy atom. The summed E-state index contributed by atoms with van der Waals surface area (Å²) >= 11 is 0. The highest BCUT2D eigenvalue weighted by molar-refractivity contribution is 5.79. The number of aliphatic hydroxyl groups is 2. The monoisotopic (exact) mass is 388 g/mol. The number of alkyl halides is 2. The third-order valence-corrected chi connectivity index (χ3v) is 4.36. The van der Waals surface area contributed by atoms with Gasteiger partial charge >= 0.3 is 0 Å². The van der Waals surface area contributed by atoms with Gasteiger partial charge in [0.25, 0.3) is 6.43 Å². The van der Waals surface area contributed by atoms with E-state index in [9.17, 15) is 23.4 Å². The SMILES string of the molecule is OC(O)c1cnc2ccc(-c3c(-c4ccc(F)cc4)ncn3CC(F)F)cn12. The van der Waals surface area contributed by atoms with E-state index in [-0.39, 0.29) is 5.69 Å². The van der Waals surface area contributed by atoms with E-state index in [1.807, 2.05) is 0 Å². The van der Waals surface area contributed by atoms with E-state index in [2.05, 4.69) is 9.97 Å². The predicted molar refractivity (Wildman–Crippen MR) is 95.0 cm³/mol. The van der Waals surface area contributed by atoms with E-state index in [0.717, 1.165) is 0 Å². The Balaban J connectivity index is 1.92. The highest BCUT2D eigenvalue weighted by Gasteiger charge is 2.19. The van der Waals surface area contributed by atoms with Crippen LogP contribution in [0.4, 0.5) is 13.2 Å². The molecule has 3 heterocycles. The zero-order valence-corrected chi connectivity index (χ0v) is 14.4. The first-order valence-electron chi connectivity index (χ1n) is 8.37. The molecule has 144 valence electrons. The Kier molecular flexibility index (Phi) is 4.62. The maximum atomic E-state index is 13.3. The van der Waals surface area contributed by atoms with Crippen LogP contribution in [0.2, 0.25) is 0 Å². The molecule has 0 aliphatic carbocycles. The molecule has 4 aromatic rings. The molecule has 0 saturated carbocycles. The van der Waals surface area contributed by atoms with Crippen molar-refractivity contribution in [2.45, 2.75) is 19.3 Å². The van der Waals surface area contributed by atoms with Gasteiger partial charge in [0.05, 0.1) is 36.2 Å². The quantitative estimate of drug-likeness (QED) is 0.515. The van der Waals surface area contributed by atoms with Crippen LogP contribution in [0.5, 0.6) is 0 Å². The molecular weight excluding hydrogens is 373 g/mol. The van der Waals surface area contributed by atoms with Crippen LogP contribution in [-0.4, -0.2) is 35.6 Å². The Morgan fingerprint density at radius 2 is 1.68 bits per heavy atom. The lowest BCUT2D eigenvalue weighted by Crippen LogP contribution is -2.07. The van der Waals surface area contributed by atoms with E-state index in [4.69, 9.17) is 0 Å². The summed E-state index contributed by atoms with van der Waals surface area (Å²) < 4.78 is 42.2. The Bertz CT molecular complexity index is 1120. The normalized spacial score (nSPS) is 11.8. The fourth-order valence-corrected chi connectivity index (χ4v) is 3.12. The van der Waals surface area contributed by atoms with Crippen LogP contribution in [0.1, 0.15) is 12.0 Å². The lowest BCUT2D eigenvalue weighted by Gasteiger charge is -2.12. The van der Waals surface area contributed by atoms with Gasteiger partial charge in [0.2, 0.25) is 0 Å². The van der Waals surface area contributed by atoms with Crippen molar-refractivity contribution in [3.05, 3.63) is 66.6 Å². The molecule has 0 bridgehead atoms. The molecule has 9 heteroatoms. The summed E-state index contributed by atoms with van der Waals surface area (Å²) in [5.41, 5.74) is 2.50. The second-order valence-corrected chi connectivity index (χ2v) is 6.19. The van der Waals surface area contributed by atoms with Gasteiger partial charge in [-0.05, 0) is 36.4 Å². The third-order valence-electron chi connectivity index (χ3n) is 4.36. The number of hydrogen-bond acceptors (Lipinski definition) is 4. The maximum Gasteiger partial charge on any atom is 0.256 e. The van der Waals surface area contributed by atoms with Crippen molar-refractivity contribution in [3.63, 3.8) is 0 Å². The molecule has 0 saturated heterocycles. The summed E-state index contributed by atoms with van der Waals surface area (Å²) in [5.74, 6) is -0.418. The van der Waals surface area contributed by atoms with E-state index in [1.165, 1.54) is 45.8 Å². The Morgan fingerprint density at radius 1 is 0.964 bits per heavy atom. The van der Waals surface area contributed by atoms with Gasteiger partial charge in [-0.3, -0.25) is 4.40 Å². The van der Waals surface area contributed by atoms with Crippen LogP contribution in [0, 0.1) is 5.82 Å². The second kappa shape index (κ2) is 7.10. The zero-order valence-electron chi connectivity index (χ0n) is 14.4. The first kappa shape index (κ1) is 18.2. The Labute approximate surface area is 157 Å². The summed E-state index contributed by atoms with van der Waals surface area (Å²) in [7, 11) is 0. The standard InChI is InChI=1S/C19H15F3N4O2/c20-13-4-1-11(2-5-13)17-18(25(10-24-17)9-15(21)22)12-3-6-16-23-7-14(19(27)28)26(16)8-12/h1-8,10,15,19,27-28H,9H2. The fraction of sp³-hybridized carbons (Fsp3) is 0.158. The average Bonchev–Trinajstić information content (AvgIpc) is 3.25. The molecule has 0 unspecified atom stereocenters. The van der Waals surface area contributed by atoms with Crippen LogP contribution in [0.15, 0.2) is 55.1 Å². The van der Waals surface area contributed by atoms with E-state index >= 15 is 0 Å². The summed E-state index contributed by atoms with van der Waals surface area (Å²) in [5, 5.41) is 19.0. The van der Waals surface area contributed by atoms with Crippen molar-refractivity contribution >= 4 is 5.65 Å². The number of imidazole rings is 2. The molecule has 0 aliphatic heterocycles. The summed E-state index contributed by atoms with van der Waals surface area (Å²) in [6.07, 6.45) is -0.141. The van der Waals surface area contributed by atoms with Crippen molar-refractivity contribution in [1.82, 2.24) is 18.9 Å². The molecule has 28 heavy (non-hydrogen) atoms. The minimum Gasteiger partial charge on any atom is -0.363 e. The first-order chi connectivity index (χ1) is 13.4. The second-order valence-electron chi connectivity index (χ2n) is 6.19. The van der Waals surface area contributed by atoms with Crippen molar-refractivity contribution in [3.8, 4) is 22.5 Å². The van der Waals surface area contributed by atoms with Crippen molar-refractivity contribution in [2.24, 2.45) is 0 Å². The smallest absolute Gasteiger partial charge is 0.256 e. The van der Waals surface area contributed by atoms with E-state index in [1.54, 1.807) is 18.3 Å². The molecule has 0 aliphatic rings. The van der Waals surface area contributed by atoms with E-state index in [0.29, 0.717) is 28.2 Å². The average molecular weight is 388 g/mol. The van der Waals surface area contributed by atoms with Crippen molar-refractivity contribution < 1.29 is 23.4 Å². The minimum absolute atomic E-state index is 0.139. The molecular formula is C19H15F3N4O2. The van der Waals surface area contributed by atoms with Gasteiger partial charge in [0.1, 0.15) is 11.5 Å². The molecule has 0 radical (unpaired) electrons. The van der Waals surface area contributed by atoms with Gasteiger partial charge in [0.15, 0.2) is 6.29 Å². The number of halogens is 3. The van der Waals surface area contributed by atoms with Gasteiger partial charge < -0.3 is 14.8 Å². The fourth-order valence-electron chi connectivity index (χ4n) is 3.12. The molecule has 2 N–H and O–H groups in total. The minimum atomic E-state index is -2.60. The van der Waals surface area contributed by atoms with Crippen LogP contribution >= 0.6 is 0 Å². The van der Waals surface area contributed by atoms with Crippen LogP contribution in [-0.2, 0) is 6.54 Å². The van der Waals surface area contributed by atoms with Crippen molar-refractivity contribution in [2.75, 3.05) is 0 Å². The maximum absolute atomic E-state index is 13.3. The number of benzene rings is 1. The lowest BCUT2D eigenvalue weighted by atomic mass is 10.1.